The van der Waals surface area contributed by atoms with E-state index in [1.54, 1.807) is 0 Å². The van der Waals surface area contributed by atoms with E-state index < -0.39 is 5.91 Å². The molecule has 3 N–H and O–H groups in total. The molecule has 1 aromatic carbocycles. The fourth-order valence-corrected chi connectivity index (χ4v) is 0.938. The largest absolute Gasteiger partial charge is 0.508 e. The normalized spacial score (nSPS) is 9.45. The Balaban J connectivity index is 3.23. The Morgan fingerprint density at radius 2 is 2.18 bits per heavy atom. The predicted octanol–water partition coefficient (Wildman–Crippen LogP) is 1.05. The number of carbonyl (C=O) groups excluding carboxylic acids is 1. The number of hydrogen-bond donors (Lipinski definition) is 2. The molecule has 0 fully saturated rings. The number of phenols is 1. The Bertz CT molecular complexity index is 298. The molecule has 0 heterocycles. The number of aromatic hydroxyl groups is 1. The molecule has 0 aliphatic heterocycles. The molecule has 11 heavy (non-hydrogen) atoms. The molecule has 1 rings (SSSR count). The van der Waals surface area contributed by atoms with Gasteiger partial charge in [0.05, 0.1) is 10.5 Å². The lowest BCUT2D eigenvalue weighted by atomic mass is 10.2. The number of benzene rings is 1. The summed E-state index contributed by atoms with van der Waals surface area (Å²) in [6.07, 6.45) is 0. The van der Waals surface area contributed by atoms with Crippen molar-refractivity contribution in [3.63, 3.8) is 0 Å². The zero-order valence-electron chi connectivity index (χ0n) is 5.57. The topological polar surface area (TPSA) is 63.3 Å². The molecule has 0 spiro atoms. The molecular weight excluding hydrogens is 162 g/mol. The molecule has 57 valence electrons. The highest BCUT2D eigenvalue weighted by Crippen LogP contribution is 2.18. The molecule has 0 atom stereocenters. The summed E-state index contributed by atoms with van der Waals surface area (Å²) >= 11 is 4.78. The number of phenolic OH excluding ortho intramolecular Hbond substituents is 1. The van der Waals surface area contributed by atoms with Crippen LogP contribution in [0.25, 0.3) is 0 Å². The zero-order chi connectivity index (χ0) is 8.43. The monoisotopic (exact) mass is 168 g/mol. The fraction of sp³-hybridized carbons (Fsp3) is 0. The molecule has 0 bridgehead atoms. The van der Waals surface area contributed by atoms with E-state index in [-0.39, 0.29) is 11.3 Å². The summed E-state index contributed by atoms with van der Waals surface area (Å²) in [7, 11) is 0. The first-order valence-electron chi connectivity index (χ1n) is 2.91. The second-order valence-electron chi connectivity index (χ2n) is 2.04. The molecular formula is C7H6NO2S. The first-order valence-corrected chi connectivity index (χ1v) is 3.32. The molecule has 4 heteroatoms. The van der Waals surface area contributed by atoms with Crippen molar-refractivity contribution in [3.8, 4) is 5.75 Å². The molecule has 1 amide bonds. The van der Waals surface area contributed by atoms with Gasteiger partial charge in [-0.25, -0.2) is 0 Å². The summed E-state index contributed by atoms with van der Waals surface area (Å²) in [6, 6.07) is 4.13. The Kier molecular flexibility index (Phi) is 1.96. The van der Waals surface area contributed by atoms with Crippen molar-refractivity contribution in [1.82, 2.24) is 0 Å². The van der Waals surface area contributed by atoms with Gasteiger partial charge < -0.3 is 10.8 Å². The summed E-state index contributed by atoms with van der Waals surface area (Å²) in [5, 5.41) is 8.93. The standard InChI is InChI=1S/C7H6NO2S/c8-7(10)5-3-4(9)1-2-6(5)11/h1-3,9H,(H2,8,10). The summed E-state index contributed by atoms with van der Waals surface area (Å²) in [5.41, 5.74) is 5.15. The third-order valence-electron chi connectivity index (χ3n) is 1.23. The van der Waals surface area contributed by atoms with Crippen molar-refractivity contribution in [1.29, 1.82) is 0 Å². The summed E-state index contributed by atoms with van der Waals surface area (Å²) in [5.74, 6) is -0.627. The van der Waals surface area contributed by atoms with Gasteiger partial charge in [0.15, 0.2) is 0 Å². The van der Waals surface area contributed by atoms with Crippen LogP contribution in [0.3, 0.4) is 0 Å². The van der Waals surface area contributed by atoms with Gasteiger partial charge in [0, 0.05) is 0 Å². The van der Waals surface area contributed by atoms with Crippen LogP contribution in [0.5, 0.6) is 5.75 Å². The van der Waals surface area contributed by atoms with Gasteiger partial charge in [-0.1, -0.05) is 12.6 Å². The van der Waals surface area contributed by atoms with Crippen LogP contribution in [0, 0.1) is 0 Å². The van der Waals surface area contributed by atoms with Crippen molar-refractivity contribution >= 4 is 18.5 Å². The third-order valence-corrected chi connectivity index (χ3v) is 1.58. The highest BCUT2D eigenvalue weighted by atomic mass is 32.1. The van der Waals surface area contributed by atoms with E-state index >= 15 is 0 Å². The van der Waals surface area contributed by atoms with Crippen molar-refractivity contribution in [2.24, 2.45) is 5.73 Å². The Labute approximate surface area is 69.2 Å². The molecule has 0 aliphatic rings. The van der Waals surface area contributed by atoms with E-state index in [0.29, 0.717) is 4.90 Å². The number of carbonyl (C=O) groups is 1. The van der Waals surface area contributed by atoms with Gasteiger partial charge in [-0.3, -0.25) is 4.79 Å². The molecule has 0 saturated heterocycles. The van der Waals surface area contributed by atoms with Gasteiger partial charge in [-0.05, 0) is 18.2 Å². The van der Waals surface area contributed by atoms with Crippen LogP contribution in [0.1, 0.15) is 10.4 Å². The molecule has 1 radical (unpaired) electrons. The third kappa shape index (κ3) is 1.59. The fourth-order valence-electron chi connectivity index (χ4n) is 0.711. The van der Waals surface area contributed by atoms with Crippen LogP contribution >= 0.6 is 12.6 Å². The Morgan fingerprint density at radius 3 is 2.64 bits per heavy atom. The Hall–Kier alpha value is -1.29. The smallest absolute Gasteiger partial charge is 0.250 e. The summed E-state index contributed by atoms with van der Waals surface area (Å²) in [4.78, 5) is 11.0. The minimum Gasteiger partial charge on any atom is -0.508 e. The lowest BCUT2D eigenvalue weighted by molar-refractivity contribution is 0.0997. The first-order chi connectivity index (χ1) is 5.11. The van der Waals surface area contributed by atoms with Crippen molar-refractivity contribution in [2.45, 2.75) is 4.90 Å². The zero-order valence-corrected chi connectivity index (χ0v) is 6.39. The maximum absolute atomic E-state index is 10.6. The number of nitrogens with two attached hydrogens (primary N) is 1. The number of primary amides is 1. The lowest BCUT2D eigenvalue weighted by Crippen LogP contribution is -2.11. The molecule has 0 aromatic heterocycles. The number of hydrogen-bond acceptors (Lipinski definition) is 2. The van der Waals surface area contributed by atoms with Crippen LogP contribution in [0.2, 0.25) is 0 Å². The lowest BCUT2D eigenvalue weighted by Gasteiger charge is -1.98. The van der Waals surface area contributed by atoms with Crippen molar-refractivity contribution in [3.05, 3.63) is 23.8 Å². The highest BCUT2D eigenvalue weighted by molar-refractivity contribution is 7.80. The molecule has 3 nitrogen and oxygen atoms in total. The van der Waals surface area contributed by atoms with Gasteiger partial charge in [0.25, 0.3) is 0 Å². The van der Waals surface area contributed by atoms with Crippen LogP contribution in [0.15, 0.2) is 23.1 Å². The Morgan fingerprint density at radius 1 is 1.55 bits per heavy atom. The van der Waals surface area contributed by atoms with E-state index in [9.17, 15) is 4.79 Å². The average molecular weight is 168 g/mol. The second-order valence-corrected chi connectivity index (χ2v) is 2.48. The second kappa shape index (κ2) is 2.75. The van der Waals surface area contributed by atoms with Gasteiger partial charge in [0.2, 0.25) is 5.91 Å². The summed E-state index contributed by atoms with van der Waals surface area (Å²) < 4.78 is 0. The number of rotatable bonds is 1. The van der Waals surface area contributed by atoms with Crippen LogP contribution < -0.4 is 5.73 Å². The van der Waals surface area contributed by atoms with E-state index in [1.165, 1.54) is 18.2 Å². The minimum atomic E-state index is -0.620. The maximum atomic E-state index is 10.6. The van der Waals surface area contributed by atoms with Crippen molar-refractivity contribution < 1.29 is 9.90 Å². The summed E-state index contributed by atoms with van der Waals surface area (Å²) in [6.45, 7) is 0. The number of amides is 1. The molecule has 1 aromatic rings. The van der Waals surface area contributed by atoms with Crippen LogP contribution in [-0.4, -0.2) is 11.0 Å². The van der Waals surface area contributed by atoms with E-state index in [2.05, 4.69) is 0 Å². The molecule has 0 unspecified atom stereocenters. The van der Waals surface area contributed by atoms with Gasteiger partial charge >= 0.3 is 0 Å². The molecule has 0 aliphatic carbocycles. The quantitative estimate of drug-likeness (QED) is 0.658. The van der Waals surface area contributed by atoms with Gasteiger partial charge in [-0.15, -0.1) is 0 Å². The first kappa shape index (κ1) is 7.81. The van der Waals surface area contributed by atoms with Crippen molar-refractivity contribution in [2.75, 3.05) is 0 Å². The molecule has 0 saturated carbocycles. The van der Waals surface area contributed by atoms with E-state index in [1.807, 2.05) is 0 Å². The maximum Gasteiger partial charge on any atom is 0.250 e. The van der Waals surface area contributed by atoms with Crippen LogP contribution in [0.4, 0.5) is 0 Å². The van der Waals surface area contributed by atoms with E-state index in [4.69, 9.17) is 23.5 Å². The SMILES string of the molecule is NC(=O)c1cc(O)ccc1[S]. The van der Waals surface area contributed by atoms with Crippen LogP contribution in [-0.2, 0) is 0 Å². The predicted molar refractivity (Wildman–Crippen MR) is 42.5 cm³/mol. The van der Waals surface area contributed by atoms with Gasteiger partial charge in [0.1, 0.15) is 5.75 Å². The average Bonchev–Trinajstić information content (AvgIpc) is 1.94. The minimum absolute atomic E-state index is 0.00704. The van der Waals surface area contributed by atoms with E-state index in [0.717, 1.165) is 0 Å². The van der Waals surface area contributed by atoms with Gasteiger partial charge in [-0.2, -0.15) is 0 Å². The highest BCUT2D eigenvalue weighted by Gasteiger charge is 2.05.